The molecule has 0 spiro atoms. The Kier molecular flexibility index (Phi) is 5.62. The third-order valence-corrected chi connectivity index (χ3v) is 3.64. The van der Waals surface area contributed by atoms with Crippen LogP contribution < -0.4 is 10.1 Å². The van der Waals surface area contributed by atoms with Gasteiger partial charge < -0.3 is 10.1 Å². The van der Waals surface area contributed by atoms with Gasteiger partial charge in [-0.2, -0.15) is 0 Å². The van der Waals surface area contributed by atoms with Crippen molar-refractivity contribution in [3.8, 4) is 11.5 Å². The Labute approximate surface area is 129 Å². The lowest BCUT2D eigenvalue weighted by Crippen LogP contribution is -2.14. The first kappa shape index (κ1) is 15.1. The third-order valence-electron chi connectivity index (χ3n) is 3.02. The van der Waals surface area contributed by atoms with Crippen molar-refractivity contribution >= 4 is 15.9 Å². The molecule has 0 aliphatic rings. The summed E-state index contributed by atoms with van der Waals surface area (Å²) in [4.78, 5) is 0. The van der Waals surface area contributed by atoms with E-state index in [1.54, 1.807) is 0 Å². The Morgan fingerprint density at radius 2 is 1.90 bits per heavy atom. The zero-order chi connectivity index (χ0) is 14.4. The van der Waals surface area contributed by atoms with Crippen molar-refractivity contribution in [1.82, 2.24) is 5.32 Å². The lowest BCUT2D eigenvalue weighted by Gasteiger charge is -2.13. The van der Waals surface area contributed by atoms with Gasteiger partial charge in [-0.15, -0.1) is 0 Å². The summed E-state index contributed by atoms with van der Waals surface area (Å²) in [7, 11) is 0. The Morgan fingerprint density at radius 3 is 2.65 bits per heavy atom. The van der Waals surface area contributed by atoms with Crippen LogP contribution in [-0.2, 0) is 6.54 Å². The van der Waals surface area contributed by atoms with Crippen molar-refractivity contribution in [2.45, 2.75) is 26.8 Å². The normalized spacial score (nSPS) is 10.6. The number of ether oxygens (including phenoxy) is 1. The first-order valence-electron chi connectivity index (χ1n) is 6.93. The van der Waals surface area contributed by atoms with Gasteiger partial charge in [0, 0.05) is 12.1 Å². The Hall–Kier alpha value is -1.32. The van der Waals surface area contributed by atoms with Crippen LogP contribution in [0.3, 0.4) is 0 Å². The number of nitrogens with one attached hydrogen (secondary N) is 1. The van der Waals surface area contributed by atoms with Crippen LogP contribution >= 0.6 is 15.9 Å². The first-order chi connectivity index (χ1) is 9.70. The molecule has 0 aliphatic heterocycles. The zero-order valence-electron chi connectivity index (χ0n) is 11.9. The second-order valence-corrected chi connectivity index (χ2v) is 5.67. The molecule has 2 aromatic carbocycles. The number of para-hydroxylation sites is 1. The van der Waals surface area contributed by atoms with Gasteiger partial charge in [-0.25, -0.2) is 0 Å². The molecule has 0 aliphatic carbocycles. The molecule has 0 unspecified atom stereocenters. The van der Waals surface area contributed by atoms with Gasteiger partial charge in [-0.1, -0.05) is 31.2 Å². The van der Waals surface area contributed by atoms with Gasteiger partial charge in [0.1, 0.15) is 11.5 Å². The van der Waals surface area contributed by atoms with Crippen LogP contribution in [0.25, 0.3) is 0 Å². The highest BCUT2D eigenvalue weighted by atomic mass is 79.9. The smallest absolute Gasteiger partial charge is 0.141 e. The molecule has 2 rings (SSSR count). The maximum absolute atomic E-state index is 6.04. The zero-order valence-corrected chi connectivity index (χ0v) is 13.5. The van der Waals surface area contributed by atoms with Gasteiger partial charge in [0.15, 0.2) is 0 Å². The molecule has 0 saturated heterocycles. The van der Waals surface area contributed by atoms with Crippen molar-refractivity contribution in [2.75, 3.05) is 6.54 Å². The summed E-state index contributed by atoms with van der Waals surface area (Å²) >= 11 is 3.55. The Bertz CT molecular complexity index is 569. The topological polar surface area (TPSA) is 21.3 Å². The Morgan fingerprint density at radius 1 is 1.10 bits per heavy atom. The highest BCUT2D eigenvalue weighted by molar-refractivity contribution is 9.10. The van der Waals surface area contributed by atoms with E-state index in [9.17, 15) is 0 Å². The van der Waals surface area contributed by atoms with Crippen LogP contribution in [0.4, 0.5) is 0 Å². The number of benzene rings is 2. The molecule has 3 heteroatoms. The van der Waals surface area contributed by atoms with E-state index in [4.69, 9.17) is 4.74 Å². The van der Waals surface area contributed by atoms with E-state index in [1.807, 2.05) is 24.3 Å². The summed E-state index contributed by atoms with van der Waals surface area (Å²) < 4.78 is 7.02. The van der Waals surface area contributed by atoms with Crippen molar-refractivity contribution in [3.05, 3.63) is 58.1 Å². The number of aryl methyl sites for hydroxylation is 1. The van der Waals surface area contributed by atoms with Gasteiger partial charge in [0.2, 0.25) is 0 Å². The van der Waals surface area contributed by atoms with Crippen molar-refractivity contribution in [2.24, 2.45) is 0 Å². The van der Waals surface area contributed by atoms with Crippen LogP contribution in [-0.4, -0.2) is 6.54 Å². The van der Waals surface area contributed by atoms with Crippen molar-refractivity contribution < 1.29 is 4.74 Å². The quantitative estimate of drug-likeness (QED) is 0.747. The summed E-state index contributed by atoms with van der Waals surface area (Å²) in [5.74, 6) is 1.75. The van der Waals surface area contributed by atoms with Crippen LogP contribution in [0.5, 0.6) is 11.5 Å². The lowest BCUT2D eigenvalue weighted by molar-refractivity contribution is 0.469. The summed E-state index contributed by atoms with van der Waals surface area (Å²) in [5.41, 5.74) is 2.38. The van der Waals surface area contributed by atoms with E-state index in [1.165, 1.54) is 11.1 Å². The number of halogens is 1. The maximum Gasteiger partial charge on any atom is 0.141 e. The van der Waals surface area contributed by atoms with E-state index in [2.05, 4.69) is 53.3 Å². The van der Waals surface area contributed by atoms with Gasteiger partial charge >= 0.3 is 0 Å². The first-order valence-corrected chi connectivity index (χ1v) is 7.72. The van der Waals surface area contributed by atoms with Crippen molar-refractivity contribution in [3.63, 3.8) is 0 Å². The highest BCUT2D eigenvalue weighted by Gasteiger charge is 2.07. The summed E-state index contributed by atoms with van der Waals surface area (Å²) in [6.07, 6.45) is 1.13. The van der Waals surface area contributed by atoms with Crippen LogP contribution in [0.1, 0.15) is 24.5 Å². The van der Waals surface area contributed by atoms with Gasteiger partial charge in [0.05, 0.1) is 4.47 Å². The van der Waals surface area contributed by atoms with E-state index in [0.717, 1.165) is 35.5 Å². The fraction of sp³-hybridized carbons (Fsp3) is 0.294. The predicted octanol–water partition coefficient (Wildman–Crippen LogP) is 5.05. The van der Waals surface area contributed by atoms with E-state index < -0.39 is 0 Å². The van der Waals surface area contributed by atoms with Gasteiger partial charge in [0.25, 0.3) is 0 Å². The molecule has 2 nitrogen and oxygen atoms in total. The second-order valence-electron chi connectivity index (χ2n) is 4.82. The third kappa shape index (κ3) is 4.09. The number of hydrogen-bond acceptors (Lipinski definition) is 2. The molecule has 0 saturated carbocycles. The largest absolute Gasteiger partial charge is 0.456 e. The molecule has 0 atom stereocenters. The molecule has 2 aromatic rings. The minimum Gasteiger partial charge on any atom is -0.456 e. The molecule has 0 heterocycles. The van der Waals surface area contributed by atoms with Gasteiger partial charge in [-0.3, -0.25) is 0 Å². The Balaban J connectivity index is 2.16. The molecular weight excluding hydrogens is 314 g/mol. The van der Waals surface area contributed by atoms with Crippen LogP contribution in [0, 0.1) is 6.92 Å². The van der Waals surface area contributed by atoms with E-state index >= 15 is 0 Å². The minimum absolute atomic E-state index is 0.827. The SMILES string of the molecule is CCCNCc1ccccc1Oc1ccc(C)cc1Br. The molecular formula is C17H20BrNO. The maximum atomic E-state index is 6.04. The summed E-state index contributed by atoms with van der Waals surface area (Å²) in [6.45, 7) is 6.08. The standard InChI is InChI=1S/C17H20BrNO/c1-3-10-19-12-14-6-4-5-7-16(14)20-17-9-8-13(2)11-15(17)18/h4-9,11,19H,3,10,12H2,1-2H3. The molecule has 106 valence electrons. The van der Waals surface area contributed by atoms with E-state index in [0.29, 0.717) is 0 Å². The highest BCUT2D eigenvalue weighted by Crippen LogP contribution is 2.32. The van der Waals surface area contributed by atoms with E-state index in [-0.39, 0.29) is 0 Å². The molecule has 0 fully saturated rings. The molecule has 0 aromatic heterocycles. The minimum atomic E-state index is 0.827. The second kappa shape index (κ2) is 7.46. The van der Waals surface area contributed by atoms with Crippen molar-refractivity contribution in [1.29, 1.82) is 0 Å². The van der Waals surface area contributed by atoms with Gasteiger partial charge in [-0.05, 0) is 59.6 Å². The molecule has 0 bridgehead atoms. The summed E-state index contributed by atoms with van der Waals surface area (Å²) in [5, 5.41) is 3.41. The van der Waals surface area contributed by atoms with Crippen LogP contribution in [0.15, 0.2) is 46.9 Å². The predicted molar refractivity (Wildman–Crippen MR) is 87.4 cm³/mol. The average Bonchev–Trinajstić information content (AvgIpc) is 2.44. The number of rotatable bonds is 6. The fourth-order valence-electron chi connectivity index (χ4n) is 1.96. The lowest BCUT2D eigenvalue weighted by atomic mass is 10.2. The fourth-order valence-corrected chi connectivity index (χ4v) is 2.53. The molecule has 0 radical (unpaired) electrons. The monoisotopic (exact) mass is 333 g/mol. The molecule has 0 amide bonds. The molecule has 1 N–H and O–H groups in total. The number of hydrogen-bond donors (Lipinski definition) is 1. The van der Waals surface area contributed by atoms with Crippen LogP contribution in [0.2, 0.25) is 0 Å². The molecule has 20 heavy (non-hydrogen) atoms. The average molecular weight is 334 g/mol. The summed E-state index contributed by atoms with van der Waals surface area (Å²) in [6, 6.07) is 14.3.